The van der Waals surface area contributed by atoms with E-state index in [0.29, 0.717) is 31.6 Å². The number of nitrogens with one attached hydrogen (secondary N) is 1. The number of nitrogens with zero attached hydrogens (tertiary/aromatic N) is 2. The second kappa shape index (κ2) is 7.57. The SMILES string of the molecule is CC1CCC(OCC(O)CNCc2ncon2)CC1. The molecule has 1 aliphatic carbocycles. The summed E-state index contributed by atoms with van der Waals surface area (Å²) in [5.41, 5.74) is 0. The van der Waals surface area contributed by atoms with Gasteiger partial charge in [-0.15, -0.1) is 0 Å². The third-order valence-corrected chi connectivity index (χ3v) is 3.56. The number of hydrogen-bond acceptors (Lipinski definition) is 6. The highest BCUT2D eigenvalue weighted by atomic mass is 16.5. The molecule has 1 unspecified atom stereocenters. The first-order valence-electron chi connectivity index (χ1n) is 6.99. The largest absolute Gasteiger partial charge is 0.389 e. The molecule has 1 atom stereocenters. The number of ether oxygens (including phenoxy) is 1. The van der Waals surface area contributed by atoms with Crippen LogP contribution in [0.3, 0.4) is 0 Å². The van der Waals surface area contributed by atoms with E-state index >= 15 is 0 Å². The van der Waals surface area contributed by atoms with E-state index < -0.39 is 6.10 Å². The second-order valence-corrected chi connectivity index (χ2v) is 5.35. The van der Waals surface area contributed by atoms with Crippen molar-refractivity contribution in [1.29, 1.82) is 0 Å². The van der Waals surface area contributed by atoms with Crippen LogP contribution in [0.2, 0.25) is 0 Å². The van der Waals surface area contributed by atoms with Gasteiger partial charge in [-0.25, -0.2) is 0 Å². The molecule has 0 bridgehead atoms. The van der Waals surface area contributed by atoms with Gasteiger partial charge in [0, 0.05) is 6.54 Å². The molecule has 0 saturated heterocycles. The van der Waals surface area contributed by atoms with Crippen molar-refractivity contribution in [2.45, 2.75) is 51.4 Å². The minimum absolute atomic E-state index is 0.322. The Bertz CT molecular complexity index is 337. The molecule has 0 aromatic carbocycles. The van der Waals surface area contributed by atoms with Crippen LogP contribution in [0.4, 0.5) is 0 Å². The molecule has 0 amide bonds. The topological polar surface area (TPSA) is 80.4 Å². The summed E-state index contributed by atoms with van der Waals surface area (Å²) in [6.07, 6.45) is 5.82. The van der Waals surface area contributed by atoms with E-state index in [1.54, 1.807) is 0 Å². The third kappa shape index (κ3) is 5.26. The lowest BCUT2D eigenvalue weighted by Crippen LogP contribution is -2.32. The summed E-state index contributed by atoms with van der Waals surface area (Å²) in [6, 6.07) is 0. The van der Waals surface area contributed by atoms with Crippen molar-refractivity contribution in [2.24, 2.45) is 5.92 Å². The predicted octanol–water partition coefficient (Wildman–Crippen LogP) is 1.12. The first-order chi connectivity index (χ1) is 9.24. The number of hydrogen-bond donors (Lipinski definition) is 2. The number of aliphatic hydroxyl groups excluding tert-OH is 1. The van der Waals surface area contributed by atoms with Gasteiger partial charge in [0.25, 0.3) is 0 Å². The molecular weight excluding hydrogens is 246 g/mol. The molecule has 0 spiro atoms. The van der Waals surface area contributed by atoms with Gasteiger partial charge in [-0.05, 0) is 31.6 Å². The fourth-order valence-electron chi connectivity index (χ4n) is 2.32. The first-order valence-corrected chi connectivity index (χ1v) is 6.99. The molecule has 0 radical (unpaired) electrons. The summed E-state index contributed by atoms with van der Waals surface area (Å²) in [7, 11) is 0. The normalized spacial score (nSPS) is 25.4. The van der Waals surface area contributed by atoms with E-state index in [4.69, 9.17) is 4.74 Å². The number of aliphatic hydroxyl groups is 1. The predicted molar refractivity (Wildman–Crippen MR) is 69.4 cm³/mol. The van der Waals surface area contributed by atoms with Crippen LogP contribution in [0.1, 0.15) is 38.4 Å². The van der Waals surface area contributed by atoms with E-state index in [1.807, 2.05) is 0 Å². The summed E-state index contributed by atoms with van der Waals surface area (Å²) in [5, 5.41) is 16.6. The van der Waals surface area contributed by atoms with Gasteiger partial charge in [-0.3, -0.25) is 0 Å². The van der Waals surface area contributed by atoms with Gasteiger partial charge in [-0.1, -0.05) is 12.1 Å². The standard InChI is InChI=1S/C13H23N3O3/c1-10-2-4-12(5-3-10)18-8-11(17)6-14-7-13-15-9-19-16-13/h9-12,14,17H,2-8H2,1H3. The molecule has 1 aliphatic rings. The summed E-state index contributed by atoms with van der Waals surface area (Å²) in [5.74, 6) is 1.41. The Labute approximate surface area is 113 Å². The molecule has 2 rings (SSSR count). The lowest BCUT2D eigenvalue weighted by atomic mass is 9.89. The minimum Gasteiger partial charge on any atom is -0.389 e. The maximum atomic E-state index is 9.81. The average molecular weight is 269 g/mol. The summed E-state index contributed by atoms with van der Waals surface area (Å²) < 4.78 is 10.4. The van der Waals surface area contributed by atoms with Crippen LogP contribution in [0.5, 0.6) is 0 Å². The monoisotopic (exact) mass is 269 g/mol. The number of rotatable bonds is 7. The first kappa shape index (κ1) is 14.4. The van der Waals surface area contributed by atoms with Gasteiger partial charge in [0.1, 0.15) is 0 Å². The summed E-state index contributed by atoms with van der Waals surface area (Å²) >= 11 is 0. The Morgan fingerprint density at radius 1 is 1.47 bits per heavy atom. The maximum absolute atomic E-state index is 9.81. The van der Waals surface area contributed by atoms with Crippen molar-refractivity contribution in [3.05, 3.63) is 12.2 Å². The highest BCUT2D eigenvalue weighted by Crippen LogP contribution is 2.25. The zero-order valence-corrected chi connectivity index (χ0v) is 11.4. The molecule has 2 N–H and O–H groups in total. The fraction of sp³-hybridized carbons (Fsp3) is 0.846. The molecule has 1 saturated carbocycles. The number of aromatic nitrogens is 2. The molecule has 1 heterocycles. The zero-order valence-electron chi connectivity index (χ0n) is 11.4. The zero-order chi connectivity index (χ0) is 13.5. The van der Waals surface area contributed by atoms with Crippen LogP contribution in [-0.4, -0.2) is 40.6 Å². The van der Waals surface area contributed by atoms with Crippen LogP contribution in [0.25, 0.3) is 0 Å². The van der Waals surface area contributed by atoms with Crippen LogP contribution < -0.4 is 5.32 Å². The molecule has 108 valence electrons. The fourth-order valence-corrected chi connectivity index (χ4v) is 2.32. The van der Waals surface area contributed by atoms with E-state index in [2.05, 4.69) is 26.9 Å². The third-order valence-electron chi connectivity index (χ3n) is 3.56. The molecule has 0 aliphatic heterocycles. The van der Waals surface area contributed by atoms with Crippen LogP contribution in [-0.2, 0) is 11.3 Å². The van der Waals surface area contributed by atoms with Crippen molar-refractivity contribution in [3.63, 3.8) is 0 Å². The molecule has 6 heteroatoms. The Morgan fingerprint density at radius 2 is 2.26 bits per heavy atom. The smallest absolute Gasteiger partial charge is 0.213 e. The van der Waals surface area contributed by atoms with Gasteiger partial charge >= 0.3 is 0 Å². The van der Waals surface area contributed by atoms with Gasteiger partial charge in [0.2, 0.25) is 6.39 Å². The molecule has 6 nitrogen and oxygen atoms in total. The molecule has 19 heavy (non-hydrogen) atoms. The highest BCUT2D eigenvalue weighted by molar-refractivity contribution is 4.77. The quantitative estimate of drug-likeness (QED) is 0.772. The summed E-state index contributed by atoms with van der Waals surface area (Å²) in [6.45, 7) is 3.64. The molecule has 1 fully saturated rings. The Hall–Kier alpha value is -0.980. The Morgan fingerprint density at radius 3 is 2.95 bits per heavy atom. The molecule has 1 aromatic heterocycles. The van der Waals surface area contributed by atoms with Gasteiger partial charge in [-0.2, -0.15) is 4.98 Å². The molecular formula is C13H23N3O3. The van der Waals surface area contributed by atoms with E-state index in [1.165, 1.54) is 19.2 Å². The van der Waals surface area contributed by atoms with Gasteiger partial charge < -0.3 is 19.7 Å². The summed E-state index contributed by atoms with van der Waals surface area (Å²) in [4.78, 5) is 3.89. The lowest BCUT2D eigenvalue weighted by Gasteiger charge is -2.27. The van der Waals surface area contributed by atoms with E-state index in [9.17, 15) is 5.11 Å². The minimum atomic E-state index is -0.494. The van der Waals surface area contributed by atoms with Crippen LogP contribution in [0, 0.1) is 5.92 Å². The van der Waals surface area contributed by atoms with E-state index in [-0.39, 0.29) is 0 Å². The molecule has 1 aromatic rings. The Balaban J connectivity index is 1.53. The average Bonchev–Trinajstić information content (AvgIpc) is 2.91. The van der Waals surface area contributed by atoms with Crippen molar-refractivity contribution < 1.29 is 14.4 Å². The van der Waals surface area contributed by atoms with E-state index in [0.717, 1.165) is 18.8 Å². The second-order valence-electron chi connectivity index (χ2n) is 5.35. The van der Waals surface area contributed by atoms with Crippen LogP contribution in [0.15, 0.2) is 10.9 Å². The van der Waals surface area contributed by atoms with Crippen molar-refractivity contribution in [3.8, 4) is 0 Å². The van der Waals surface area contributed by atoms with Gasteiger partial charge in [0.05, 0.1) is 25.4 Å². The van der Waals surface area contributed by atoms with Crippen LogP contribution >= 0.6 is 0 Å². The van der Waals surface area contributed by atoms with Crippen molar-refractivity contribution in [1.82, 2.24) is 15.5 Å². The van der Waals surface area contributed by atoms with Crippen molar-refractivity contribution in [2.75, 3.05) is 13.2 Å². The van der Waals surface area contributed by atoms with Gasteiger partial charge in [0.15, 0.2) is 5.82 Å². The maximum Gasteiger partial charge on any atom is 0.213 e. The Kier molecular flexibility index (Phi) is 5.75. The highest BCUT2D eigenvalue weighted by Gasteiger charge is 2.19. The van der Waals surface area contributed by atoms with Crippen molar-refractivity contribution >= 4 is 0 Å². The lowest BCUT2D eigenvalue weighted by molar-refractivity contribution is -0.0279.